The average molecular weight is 304 g/mol. The minimum Gasteiger partial charge on any atom is -0.376 e. The van der Waals surface area contributed by atoms with Gasteiger partial charge >= 0.3 is 0 Å². The van der Waals surface area contributed by atoms with E-state index in [4.69, 9.17) is 4.74 Å². The van der Waals surface area contributed by atoms with Gasteiger partial charge in [0, 0.05) is 20.1 Å². The molecule has 0 aromatic heterocycles. The van der Waals surface area contributed by atoms with Crippen LogP contribution in [-0.2, 0) is 14.3 Å². The van der Waals surface area contributed by atoms with Crippen LogP contribution in [0.5, 0.6) is 0 Å². The topological polar surface area (TPSA) is 58.6 Å². The number of ether oxygens (including phenoxy) is 1. The van der Waals surface area contributed by atoms with Gasteiger partial charge in [-0.3, -0.25) is 9.59 Å². The summed E-state index contributed by atoms with van der Waals surface area (Å²) in [6.45, 7) is 6.69. The summed E-state index contributed by atoms with van der Waals surface area (Å²) < 4.78 is 5.48. The summed E-state index contributed by atoms with van der Waals surface area (Å²) in [4.78, 5) is 25.7. The quantitative estimate of drug-likeness (QED) is 0.904. The smallest absolute Gasteiger partial charge is 0.240 e. The first-order chi connectivity index (χ1) is 10.5. The Balaban J connectivity index is 2.02. The van der Waals surface area contributed by atoms with Gasteiger partial charge in [-0.25, -0.2) is 0 Å². The molecule has 5 nitrogen and oxygen atoms in total. The van der Waals surface area contributed by atoms with E-state index in [1.54, 1.807) is 0 Å². The SMILES string of the molecule is CC(=O)N(CC(=O)NCC1CCCO1)c1c(C)cccc1C. The molecule has 1 atom stereocenters. The van der Waals surface area contributed by atoms with Crippen LogP contribution in [0.3, 0.4) is 0 Å². The van der Waals surface area contributed by atoms with E-state index >= 15 is 0 Å². The molecule has 1 aliphatic heterocycles. The lowest BCUT2D eigenvalue weighted by atomic mass is 10.1. The third-order valence-corrected chi connectivity index (χ3v) is 3.94. The van der Waals surface area contributed by atoms with Gasteiger partial charge < -0.3 is 15.0 Å². The van der Waals surface area contributed by atoms with Crippen LogP contribution in [0, 0.1) is 13.8 Å². The highest BCUT2D eigenvalue weighted by atomic mass is 16.5. The second kappa shape index (κ2) is 7.40. The maximum Gasteiger partial charge on any atom is 0.240 e. The van der Waals surface area contributed by atoms with E-state index in [-0.39, 0.29) is 24.5 Å². The summed E-state index contributed by atoms with van der Waals surface area (Å²) in [6.07, 6.45) is 2.13. The highest BCUT2D eigenvalue weighted by Crippen LogP contribution is 2.24. The van der Waals surface area contributed by atoms with Gasteiger partial charge in [-0.1, -0.05) is 18.2 Å². The highest BCUT2D eigenvalue weighted by Gasteiger charge is 2.21. The molecule has 1 aromatic rings. The summed E-state index contributed by atoms with van der Waals surface area (Å²) in [7, 11) is 0. The predicted octanol–water partition coefficient (Wildman–Crippen LogP) is 1.95. The predicted molar refractivity (Wildman–Crippen MR) is 85.9 cm³/mol. The Morgan fingerprint density at radius 2 is 2.00 bits per heavy atom. The largest absolute Gasteiger partial charge is 0.376 e. The van der Waals surface area contributed by atoms with Gasteiger partial charge in [0.05, 0.1) is 11.8 Å². The number of aryl methyl sites for hydroxylation is 2. The Hall–Kier alpha value is -1.88. The number of hydrogen-bond donors (Lipinski definition) is 1. The van der Waals surface area contributed by atoms with Crippen molar-refractivity contribution in [2.75, 3.05) is 24.6 Å². The lowest BCUT2D eigenvalue weighted by Gasteiger charge is -2.24. The highest BCUT2D eigenvalue weighted by molar-refractivity contribution is 5.98. The molecular weight excluding hydrogens is 280 g/mol. The molecule has 1 unspecified atom stereocenters. The van der Waals surface area contributed by atoms with E-state index in [0.29, 0.717) is 6.54 Å². The number of rotatable bonds is 5. The molecule has 1 saturated heterocycles. The lowest BCUT2D eigenvalue weighted by molar-refractivity contribution is -0.123. The van der Waals surface area contributed by atoms with E-state index in [9.17, 15) is 9.59 Å². The molecule has 1 aromatic carbocycles. The number of carbonyl (C=O) groups is 2. The molecule has 0 bridgehead atoms. The standard InChI is InChI=1S/C17H24N2O3/c1-12-6-4-7-13(2)17(12)19(14(3)20)11-16(21)18-10-15-8-5-9-22-15/h4,6-7,15H,5,8-11H2,1-3H3,(H,18,21). The van der Waals surface area contributed by atoms with E-state index in [1.807, 2.05) is 32.0 Å². The Bertz CT molecular complexity index is 531. The minimum absolute atomic E-state index is 0.0355. The molecule has 0 saturated carbocycles. The number of nitrogens with one attached hydrogen (secondary N) is 1. The fourth-order valence-electron chi connectivity index (χ4n) is 2.81. The van der Waals surface area contributed by atoms with Crippen LogP contribution in [0.1, 0.15) is 30.9 Å². The number of anilines is 1. The zero-order valence-electron chi connectivity index (χ0n) is 13.5. The summed E-state index contributed by atoms with van der Waals surface area (Å²) in [5, 5.41) is 2.86. The molecule has 22 heavy (non-hydrogen) atoms. The molecule has 1 fully saturated rings. The molecule has 2 rings (SSSR count). The number of para-hydroxylation sites is 1. The summed E-state index contributed by atoms with van der Waals surface area (Å²) in [6, 6.07) is 5.84. The second-order valence-electron chi connectivity index (χ2n) is 5.78. The Labute approximate surface area is 131 Å². The molecule has 0 spiro atoms. The Kier molecular flexibility index (Phi) is 5.55. The number of benzene rings is 1. The third-order valence-electron chi connectivity index (χ3n) is 3.94. The summed E-state index contributed by atoms with van der Waals surface area (Å²) >= 11 is 0. The van der Waals surface area contributed by atoms with Crippen molar-refractivity contribution in [2.24, 2.45) is 0 Å². The Morgan fingerprint density at radius 3 is 2.55 bits per heavy atom. The first-order valence-electron chi connectivity index (χ1n) is 7.71. The summed E-state index contributed by atoms with van der Waals surface area (Å²) in [5.74, 6) is -0.294. The lowest BCUT2D eigenvalue weighted by Crippen LogP contribution is -2.42. The number of hydrogen-bond acceptors (Lipinski definition) is 3. The minimum atomic E-state index is -0.159. The van der Waals surface area contributed by atoms with Crippen LogP contribution in [0.25, 0.3) is 0 Å². The maximum atomic E-state index is 12.1. The zero-order valence-corrected chi connectivity index (χ0v) is 13.5. The van der Waals surface area contributed by atoms with Gasteiger partial charge in [-0.05, 0) is 37.8 Å². The fourth-order valence-corrected chi connectivity index (χ4v) is 2.81. The van der Waals surface area contributed by atoms with E-state index < -0.39 is 0 Å². The molecule has 2 amide bonds. The molecule has 0 radical (unpaired) electrons. The molecule has 0 aliphatic carbocycles. The molecule has 1 heterocycles. The van der Waals surface area contributed by atoms with Crippen molar-refractivity contribution in [2.45, 2.75) is 39.7 Å². The van der Waals surface area contributed by atoms with Crippen LogP contribution in [0.2, 0.25) is 0 Å². The monoisotopic (exact) mass is 304 g/mol. The van der Waals surface area contributed by atoms with Gasteiger partial charge in [0.25, 0.3) is 0 Å². The van der Waals surface area contributed by atoms with Gasteiger partial charge in [0.2, 0.25) is 11.8 Å². The van der Waals surface area contributed by atoms with E-state index in [2.05, 4.69) is 5.32 Å². The van der Waals surface area contributed by atoms with Gasteiger partial charge in [-0.15, -0.1) is 0 Å². The van der Waals surface area contributed by atoms with Crippen molar-refractivity contribution >= 4 is 17.5 Å². The van der Waals surface area contributed by atoms with Crippen molar-refractivity contribution in [3.8, 4) is 0 Å². The van der Waals surface area contributed by atoms with Crippen LogP contribution < -0.4 is 10.2 Å². The first-order valence-corrected chi connectivity index (χ1v) is 7.71. The Morgan fingerprint density at radius 1 is 1.32 bits per heavy atom. The van der Waals surface area contributed by atoms with Crippen LogP contribution >= 0.6 is 0 Å². The number of carbonyl (C=O) groups excluding carboxylic acids is 2. The first kappa shape index (κ1) is 16.5. The summed E-state index contributed by atoms with van der Waals surface area (Å²) in [5.41, 5.74) is 2.80. The molecule has 5 heteroatoms. The van der Waals surface area contributed by atoms with Gasteiger partial charge in [-0.2, -0.15) is 0 Å². The van der Waals surface area contributed by atoms with Crippen LogP contribution in [-0.4, -0.2) is 37.6 Å². The van der Waals surface area contributed by atoms with Crippen molar-refractivity contribution in [1.82, 2.24) is 5.32 Å². The van der Waals surface area contributed by atoms with Crippen molar-refractivity contribution < 1.29 is 14.3 Å². The number of amides is 2. The van der Waals surface area contributed by atoms with Crippen molar-refractivity contribution in [3.63, 3.8) is 0 Å². The maximum absolute atomic E-state index is 12.1. The normalized spacial score (nSPS) is 17.3. The van der Waals surface area contributed by atoms with E-state index in [0.717, 1.165) is 36.3 Å². The van der Waals surface area contributed by atoms with Crippen LogP contribution in [0.4, 0.5) is 5.69 Å². The average Bonchev–Trinajstić information content (AvgIpc) is 2.97. The molecule has 1 N–H and O–H groups in total. The zero-order chi connectivity index (χ0) is 16.1. The van der Waals surface area contributed by atoms with Gasteiger partial charge in [0.15, 0.2) is 0 Å². The van der Waals surface area contributed by atoms with Crippen molar-refractivity contribution in [1.29, 1.82) is 0 Å². The fraction of sp³-hybridized carbons (Fsp3) is 0.529. The van der Waals surface area contributed by atoms with Gasteiger partial charge in [0.1, 0.15) is 6.54 Å². The molecule has 120 valence electrons. The third kappa shape index (κ3) is 4.07. The number of nitrogens with zero attached hydrogens (tertiary/aromatic N) is 1. The van der Waals surface area contributed by atoms with Crippen molar-refractivity contribution in [3.05, 3.63) is 29.3 Å². The van der Waals surface area contributed by atoms with Crippen LogP contribution in [0.15, 0.2) is 18.2 Å². The van der Waals surface area contributed by atoms with E-state index in [1.165, 1.54) is 11.8 Å². The molecule has 1 aliphatic rings. The molecular formula is C17H24N2O3. The second-order valence-corrected chi connectivity index (χ2v) is 5.78.